The van der Waals surface area contributed by atoms with E-state index in [2.05, 4.69) is 20.6 Å². The molecule has 10 heteroatoms. The van der Waals surface area contributed by atoms with Crippen molar-refractivity contribution in [1.29, 1.82) is 0 Å². The number of nitro groups is 1. The van der Waals surface area contributed by atoms with Gasteiger partial charge in [0.1, 0.15) is 0 Å². The second kappa shape index (κ2) is 6.91. The second-order valence-corrected chi connectivity index (χ2v) is 6.08. The van der Waals surface area contributed by atoms with Gasteiger partial charge in [0.05, 0.1) is 16.0 Å². The number of nitrogens with zero attached hydrogens (tertiary/aromatic N) is 5. The Bertz CT molecular complexity index is 1180. The molecule has 0 radical (unpaired) electrons. The molecule has 0 aliphatic carbocycles. The Morgan fingerprint density at radius 3 is 2.64 bits per heavy atom. The number of carbonyl (C=O) groups is 1. The van der Waals surface area contributed by atoms with E-state index in [1.165, 1.54) is 19.1 Å². The molecule has 2 aromatic carbocycles. The van der Waals surface area contributed by atoms with Crippen LogP contribution in [-0.4, -0.2) is 30.7 Å². The predicted molar refractivity (Wildman–Crippen MR) is 99.5 cm³/mol. The van der Waals surface area contributed by atoms with Crippen LogP contribution in [-0.2, 0) is 11.3 Å². The molecule has 4 aromatic rings. The third-order valence-corrected chi connectivity index (χ3v) is 4.14. The van der Waals surface area contributed by atoms with Gasteiger partial charge in [-0.15, -0.1) is 0 Å². The van der Waals surface area contributed by atoms with E-state index in [0.717, 1.165) is 16.6 Å². The highest BCUT2D eigenvalue weighted by Crippen LogP contribution is 2.29. The molecular formula is C18H14N6O4. The zero-order chi connectivity index (χ0) is 19.7. The fourth-order valence-corrected chi connectivity index (χ4v) is 2.91. The Labute approximate surface area is 157 Å². The van der Waals surface area contributed by atoms with Crippen molar-refractivity contribution >= 4 is 28.4 Å². The molecule has 10 nitrogen and oxygen atoms in total. The van der Waals surface area contributed by atoms with Gasteiger partial charge in [-0.05, 0) is 28.0 Å². The number of nitro benzene ring substituents is 1. The van der Waals surface area contributed by atoms with Crippen molar-refractivity contribution in [3.05, 3.63) is 64.2 Å². The van der Waals surface area contributed by atoms with E-state index in [4.69, 9.17) is 4.63 Å². The number of nitrogens with one attached hydrogen (secondary N) is 1. The molecule has 0 atom stereocenters. The molecule has 4 rings (SSSR count). The highest BCUT2D eigenvalue weighted by Gasteiger charge is 2.21. The highest BCUT2D eigenvalue weighted by molar-refractivity contribution is 5.91. The van der Waals surface area contributed by atoms with Crippen LogP contribution in [0.3, 0.4) is 0 Å². The standard InChI is InChI=1S/C18H14N6O4/c1-11(25)19-17-16(21-28-22-17)18-20-14-4-2-3-5-15(14)23(18)10-12-6-8-13(9-7-12)24(26)27/h2-9H,10H2,1H3,(H,19,22,25). The fourth-order valence-electron chi connectivity index (χ4n) is 2.91. The van der Waals surface area contributed by atoms with E-state index in [1.54, 1.807) is 12.1 Å². The van der Waals surface area contributed by atoms with Gasteiger partial charge in [-0.1, -0.05) is 24.3 Å². The lowest BCUT2D eigenvalue weighted by molar-refractivity contribution is -0.384. The first kappa shape index (κ1) is 17.3. The summed E-state index contributed by atoms with van der Waals surface area (Å²) in [6, 6.07) is 13.8. The quantitative estimate of drug-likeness (QED) is 0.417. The molecule has 0 spiro atoms. The lowest BCUT2D eigenvalue weighted by Crippen LogP contribution is -2.09. The van der Waals surface area contributed by atoms with Crippen LogP contribution in [0.4, 0.5) is 11.5 Å². The Hall–Kier alpha value is -4.08. The summed E-state index contributed by atoms with van der Waals surface area (Å²) in [5.41, 5.74) is 2.73. The van der Waals surface area contributed by atoms with Gasteiger partial charge in [-0.2, -0.15) is 0 Å². The van der Waals surface area contributed by atoms with Crippen molar-refractivity contribution in [1.82, 2.24) is 19.9 Å². The zero-order valence-corrected chi connectivity index (χ0v) is 14.7. The topological polar surface area (TPSA) is 129 Å². The minimum atomic E-state index is -0.442. The molecule has 0 unspecified atom stereocenters. The number of hydrogen-bond acceptors (Lipinski definition) is 7. The lowest BCUT2D eigenvalue weighted by Gasteiger charge is -2.08. The van der Waals surface area contributed by atoms with Gasteiger partial charge in [-0.25, -0.2) is 9.61 Å². The molecule has 0 bridgehead atoms. The summed E-state index contributed by atoms with van der Waals surface area (Å²) < 4.78 is 6.69. The van der Waals surface area contributed by atoms with Gasteiger partial charge >= 0.3 is 0 Å². The first-order chi connectivity index (χ1) is 13.5. The number of amides is 1. The predicted octanol–water partition coefficient (Wildman–Crippen LogP) is 3.00. The summed E-state index contributed by atoms with van der Waals surface area (Å²) >= 11 is 0. The summed E-state index contributed by atoms with van der Waals surface area (Å²) in [6.07, 6.45) is 0. The number of para-hydroxylation sites is 2. The van der Waals surface area contributed by atoms with Gasteiger partial charge in [0.25, 0.3) is 5.69 Å². The summed E-state index contributed by atoms with van der Waals surface area (Å²) in [4.78, 5) is 26.5. The molecule has 0 aliphatic heterocycles. The highest BCUT2D eigenvalue weighted by atomic mass is 16.6. The molecule has 0 aliphatic rings. The maximum Gasteiger partial charge on any atom is 0.269 e. The van der Waals surface area contributed by atoms with E-state index in [0.29, 0.717) is 18.1 Å². The van der Waals surface area contributed by atoms with Crippen LogP contribution in [0.1, 0.15) is 12.5 Å². The molecule has 2 heterocycles. The maximum absolute atomic E-state index is 11.4. The van der Waals surface area contributed by atoms with Crippen molar-refractivity contribution in [3.63, 3.8) is 0 Å². The minimum Gasteiger partial charge on any atom is -0.318 e. The Kier molecular flexibility index (Phi) is 4.28. The van der Waals surface area contributed by atoms with Gasteiger partial charge in [0, 0.05) is 25.6 Å². The number of non-ortho nitro benzene ring substituents is 1. The maximum atomic E-state index is 11.4. The summed E-state index contributed by atoms with van der Waals surface area (Å²) in [5.74, 6) is 0.326. The number of hydrogen-bond donors (Lipinski definition) is 1. The SMILES string of the molecule is CC(=O)Nc1nonc1-c1nc2ccccc2n1Cc1ccc([N+](=O)[O-])cc1. The molecule has 1 N–H and O–H groups in total. The van der Waals surface area contributed by atoms with Gasteiger partial charge < -0.3 is 9.88 Å². The van der Waals surface area contributed by atoms with Crippen molar-refractivity contribution < 1.29 is 14.3 Å². The number of imidazole rings is 1. The van der Waals surface area contributed by atoms with E-state index in [1.807, 2.05) is 28.8 Å². The number of benzene rings is 2. The molecule has 140 valence electrons. The van der Waals surface area contributed by atoms with Crippen molar-refractivity contribution in [2.45, 2.75) is 13.5 Å². The third-order valence-electron chi connectivity index (χ3n) is 4.14. The van der Waals surface area contributed by atoms with Crippen molar-refractivity contribution in [2.75, 3.05) is 5.32 Å². The molecule has 0 saturated heterocycles. The Balaban J connectivity index is 1.81. The Morgan fingerprint density at radius 2 is 1.93 bits per heavy atom. The Morgan fingerprint density at radius 1 is 1.18 bits per heavy atom. The molecule has 1 amide bonds. The normalized spacial score (nSPS) is 10.9. The lowest BCUT2D eigenvalue weighted by atomic mass is 10.2. The zero-order valence-electron chi connectivity index (χ0n) is 14.7. The molecule has 2 aromatic heterocycles. The van der Waals surface area contributed by atoms with E-state index in [-0.39, 0.29) is 17.4 Å². The number of fused-ring (bicyclic) bond motifs is 1. The van der Waals surface area contributed by atoms with Gasteiger partial charge in [-0.3, -0.25) is 14.9 Å². The number of carbonyl (C=O) groups excluding carboxylic acids is 1. The molecule has 0 saturated carbocycles. The van der Waals surface area contributed by atoms with Crippen LogP contribution in [0.2, 0.25) is 0 Å². The minimum absolute atomic E-state index is 0.0214. The van der Waals surface area contributed by atoms with Crippen LogP contribution in [0, 0.1) is 10.1 Å². The summed E-state index contributed by atoms with van der Waals surface area (Å²) in [7, 11) is 0. The monoisotopic (exact) mass is 378 g/mol. The summed E-state index contributed by atoms with van der Waals surface area (Å²) in [5, 5.41) is 21.1. The third kappa shape index (κ3) is 3.18. The van der Waals surface area contributed by atoms with Crippen molar-refractivity contribution in [2.24, 2.45) is 0 Å². The first-order valence-corrected chi connectivity index (χ1v) is 8.32. The van der Waals surface area contributed by atoms with Gasteiger partial charge in [0.15, 0.2) is 11.5 Å². The smallest absolute Gasteiger partial charge is 0.269 e. The molecular weight excluding hydrogens is 364 g/mol. The average Bonchev–Trinajstić information content (AvgIpc) is 3.26. The van der Waals surface area contributed by atoms with Crippen LogP contribution in [0.25, 0.3) is 22.6 Å². The largest absolute Gasteiger partial charge is 0.318 e. The van der Waals surface area contributed by atoms with Crippen LogP contribution >= 0.6 is 0 Å². The van der Waals surface area contributed by atoms with Gasteiger partial charge in [0.2, 0.25) is 11.7 Å². The van der Waals surface area contributed by atoms with Crippen LogP contribution in [0.5, 0.6) is 0 Å². The number of rotatable bonds is 5. The summed E-state index contributed by atoms with van der Waals surface area (Å²) in [6.45, 7) is 1.75. The molecule has 28 heavy (non-hydrogen) atoms. The molecule has 0 fully saturated rings. The van der Waals surface area contributed by atoms with Crippen molar-refractivity contribution in [3.8, 4) is 11.5 Å². The van der Waals surface area contributed by atoms with E-state index < -0.39 is 4.92 Å². The van der Waals surface area contributed by atoms with E-state index >= 15 is 0 Å². The van der Waals surface area contributed by atoms with Crippen LogP contribution in [0.15, 0.2) is 53.2 Å². The fraction of sp³-hybridized carbons (Fsp3) is 0.111. The average molecular weight is 378 g/mol. The first-order valence-electron chi connectivity index (χ1n) is 8.32. The van der Waals surface area contributed by atoms with Crippen LogP contribution < -0.4 is 5.32 Å². The number of aromatic nitrogens is 4. The van der Waals surface area contributed by atoms with E-state index in [9.17, 15) is 14.9 Å². The number of anilines is 1. The second-order valence-electron chi connectivity index (χ2n) is 6.08.